The molecule has 0 aromatic carbocycles. The maximum absolute atomic E-state index is 13.0. The van der Waals surface area contributed by atoms with Crippen LogP contribution in [0.5, 0.6) is 0 Å². The van der Waals surface area contributed by atoms with Crippen molar-refractivity contribution in [1.82, 2.24) is 0 Å². The Morgan fingerprint density at radius 1 is 0.310 bits per heavy atom. The fourth-order valence-electron chi connectivity index (χ4n) is 10.2. The van der Waals surface area contributed by atoms with Gasteiger partial charge in [0.2, 0.25) is 0 Å². The van der Waals surface area contributed by atoms with Gasteiger partial charge >= 0.3 is 39.5 Å². The Hall–Kier alpha value is -1.94. The van der Waals surface area contributed by atoms with Gasteiger partial charge in [0.25, 0.3) is 0 Å². The van der Waals surface area contributed by atoms with Gasteiger partial charge in [0.1, 0.15) is 19.3 Å². The predicted molar refractivity (Wildman–Crippen MR) is 349 cm³/mol. The van der Waals surface area contributed by atoms with Gasteiger partial charge < -0.3 is 33.8 Å². The van der Waals surface area contributed by atoms with Gasteiger partial charge in [-0.05, 0) is 37.5 Å². The summed E-state index contributed by atoms with van der Waals surface area (Å²) in [5.41, 5.74) is 0. The maximum Gasteiger partial charge on any atom is 0.472 e. The van der Waals surface area contributed by atoms with Crippen LogP contribution in [0.2, 0.25) is 0 Å². The number of carbonyl (C=O) groups excluding carboxylic acids is 4. The Balaban J connectivity index is 5.24. The number of aliphatic hydroxyl groups is 1. The quantitative estimate of drug-likeness (QED) is 0.0222. The minimum Gasteiger partial charge on any atom is -0.462 e. The number of unbranched alkanes of at least 4 members (excludes halogenated alkanes) is 37. The highest BCUT2D eigenvalue weighted by Gasteiger charge is 2.30. The zero-order chi connectivity index (χ0) is 64.3. The Bertz CT molecular complexity index is 1700. The van der Waals surface area contributed by atoms with Crippen LogP contribution in [0.4, 0.5) is 0 Å². The van der Waals surface area contributed by atoms with Gasteiger partial charge in [-0.15, -0.1) is 0 Å². The smallest absolute Gasteiger partial charge is 0.462 e. The van der Waals surface area contributed by atoms with Gasteiger partial charge in [-0.1, -0.05) is 292 Å². The lowest BCUT2D eigenvalue weighted by Crippen LogP contribution is -2.30. The third-order valence-corrected chi connectivity index (χ3v) is 17.6. The number of esters is 4. The molecule has 0 amide bonds. The lowest BCUT2D eigenvalue weighted by atomic mass is 10.0. The number of phosphoric ester groups is 2. The van der Waals surface area contributed by atoms with Crippen molar-refractivity contribution in [3.05, 3.63) is 0 Å². The molecule has 19 heteroatoms. The first kappa shape index (κ1) is 85.1. The van der Waals surface area contributed by atoms with E-state index < -0.39 is 97.5 Å². The molecule has 0 heterocycles. The van der Waals surface area contributed by atoms with E-state index in [1.54, 1.807) is 0 Å². The largest absolute Gasteiger partial charge is 0.472 e. The van der Waals surface area contributed by atoms with Crippen molar-refractivity contribution in [2.24, 2.45) is 11.8 Å². The number of phosphoric acid groups is 2. The topological polar surface area (TPSA) is 237 Å². The standard InChI is InChI=1S/C68H132O17P2/c1-7-9-11-13-15-17-19-21-22-24-28-33-41-47-53-68(73)84-63(56-78-65(70)50-44-38-31-29-25-26-30-36-42-48-60(3)4)58-82-86(74,75)80-54-62(69)55-81-87(76,77)83-59-64(57-79-66(71)51-45-39-35-34-37-43-49-61(5)6)85-67(72)52-46-40-32-27-23-20-18-16-14-12-10-8-2/h60-64,69H,7-59H2,1-6H3,(H,74,75)(H,76,77)/t62-,63-,64-/m1/s1. The summed E-state index contributed by atoms with van der Waals surface area (Å²) in [7, 11) is -9.89. The summed E-state index contributed by atoms with van der Waals surface area (Å²) in [4.78, 5) is 72.4. The van der Waals surface area contributed by atoms with Crippen molar-refractivity contribution in [2.45, 2.75) is 362 Å². The minimum absolute atomic E-state index is 0.106. The lowest BCUT2D eigenvalue weighted by Gasteiger charge is -2.21. The molecule has 0 radical (unpaired) electrons. The van der Waals surface area contributed by atoms with E-state index in [1.807, 2.05) is 0 Å². The number of hydrogen-bond donors (Lipinski definition) is 3. The summed E-state index contributed by atoms with van der Waals surface area (Å²) in [6, 6.07) is 0. The van der Waals surface area contributed by atoms with Crippen molar-refractivity contribution < 1.29 is 80.2 Å². The van der Waals surface area contributed by atoms with Gasteiger partial charge in [0, 0.05) is 25.7 Å². The van der Waals surface area contributed by atoms with Crippen LogP contribution in [0.3, 0.4) is 0 Å². The number of aliphatic hydroxyl groups excluding tert-OH is 1. The van der Waals surface area contributed by atoms with Gasteiger partial charge in [-0.25, -0.2) is 9.13 Å². The molecule has 0 spiro atoms. The molecule has 2 unspecified atom stereocenters. The second kappa shape index (κ2) is 60.3. The molecule has 0 bridgehead atoms. The Kier molecular flexibility index (Phi) is 59.0. The van der Waals surface area contributed by atoms with E-state index in [4.69, 9.17) is 37.0 Å². The van der Waals surface area contributed by atoms with Crippen molar-refractivity contribution in [3.63, 3.8) is 0 Å². The first-order valence-electron chi connectivity index (χ1n) is 35.5. The van der Waals surface area contributed by atoms with Crippen molar-refractivity contribution in [3.8, 4) is 0 Å². The molecule has 0 saturated carbocycles. The normalized spacial score (nSPS) is 14.2. The van der Waals surface area contributed by atoms with E-state index in [-0.39, 0.29) is 25.7 Å². The predicted octanol–water partition coefficient (Wildman–Crippen LogP) is 19.2. The van der Waals surface area contributed by atoms with E-state index in [9.17, 15) is 43.2 Å². The monoisotopic (exact) mass is 1280 g/mol. The van der Waals surface area contributed by atoms with Gasteiger partial charge in [-0.2, -0.15) is 0 Å². The fraction of sp³-hybridized carbons (Fsp3) is 0.941. The first-order chi connectivity index (χ1) is 41.9. The van der Waals surface area contributed by atoms with Crippen LogP contribution in [0.15, 0.2) is 0 Å². The molecule has 3 N–H and O–H groups in total. The first-order valence-corrected chi connectivity index (χ1v) is 38.5. The molecule has 5 atom stereocenters. The molecule has 0 fully saturated rings. The van der Waals surface area contributed by atoms with Crippen LogP contribution >= 0.6 is 15.6 Å². The Morgan fingerprint density at radius 3 is 0.782 bits per heavy atom. The fourth-order valence-corrected chi connectivity index (χ4v) is 11.8. The van der Waals surface area contributed by atoms with E-state index >= 15 is 0 Å². The van der Waals surface area contributed by atoms with E-state index in [1.165, 1.54) is 154 Å². The molecule has 0 aliphatic heterocycles. The molecule has 0 aliphatic rings. The van der Waals surface area contributed by atoms with Gasteiger partial charge in [-0.3, -0.25) is 37.3 Å². The summed E-state index contributed by atoms with van der Waals surface area (Å²) in [6.45, 7) is 9.43. The second-order valence-corrected chi connectivity index (χ2v) is 28.4. The Labute approximate surface area is 530 Å². The van der Waals surface area contributed by atoms with E-state index in [2.05, 4.69) is 41.5 Å². The van der Waals surface area contributed by atoms with E-state index in [0.717, 1.165) is 102 Å². The molecular weight excluding hydrogens is 1150 g/mol. The highest BCUT2D eigenvalue weighted by molar-refractivity contribution is 7.47. The maximum atomic E-state index is 13.0. The molecule has 0 saturated heterocycles. The molecule has 0 rings (SSSR count). The summed E-state index contributed by atoms with van der Waals surface area (Å²) in [5.74, 6) is -0.704. The number of hydrogen-bond acceptors (Lipinski definition) is 15. The van der Waals surface area contributed by atoms with Crippen LogP contribution in [0.1, 0.15) is 343 Å². The van der Waals surface area contributed by atoms with Gasteiger partial charge in [0.05, 0.1) is 26.4 Å². The summed E-state index contributed by atoms with van der Waals surface area (Å²) in [5, 5.41) is 10.6. The zero-order valence-corrected chi connectivity index (χ0v) is 58.1. The number of ether oxygens (including phenoxy) is 4. The highest BCUT2D eigenvalue weighted by Crippen LogP contribution is 2.45. The van der Waals surface area contributed by atoms with Crippen LogP contribution in [-0.4, -0.2) is 96.7 Å². The van der Waals surface area contributed by atoms with Crippen LogP contribution in [0.25, 0.3) is 0 Å². The molecule has 0 aromatic heterocycles. The molecule has 17 nitrogen and oxygen atoms in total. The lowest BCUT2D eigenvalue weighted by molar-refractivity contribution is -0.161. The summed E-state index contributed by atoms with van der Waals surface area (Å²) in [6.07, 6.45) is 44.5. The molecule has 0 aromatic rings. The van der Waals surface area contributed by atoms with Crippen molar-refractivity contribution >= 4 is 39.5 Å². The van der Waals surface area contributed by atoms with Crippen LogP contribution in [0, 0.1) is 11.8 Å². The summed E-state index contributed by atoms with van der Waals surface area (Å²) < 4.78 is 68.2. The van der Waals surface area contributed by atoms with E-state index in [0.29, 0.717) is 31.6 Å². The SMILES string of the molecule is CCCCCCCCCCCCCCCCC(=O)O[C@H](COC(=O)CCCCCCCCCCCC(C)C)COP(=O)(O)OC[C@@H](O)COP(=O)(O)OC[C@@H](COC(=O)CCCCCCCCC(C)C)OC(=O)CCCCCCCCCCCCCC. The molecular formula is C68H132O17P2. The van der Waals surface area contributed by atoms with Gasteiger partial charge in [0.15, 0.2) is 12.2 Å². The van der Waals surface area contributed by atoms with Crippen LogP contribution in [-0.2, 0) is 65.4 Å². The average molecular weight is 1280 g/mol. The zero-order valence-electron chi connectivity index (χ0n) is 56.3. The Morgan fingerprint density at radius 2 is 0.529 bits per heavy atom. The summed E-state index contributed by atoms with van der Waals surface area (Å²) >= 11 is 0. The molecule has 0 aliphatic carbocycles. The average Bonchev–Trinajstić information content (AvgIpc) is 3.66. The third-order valence-electron chi connectivity index (χ3n) is 15.7. The van der Waals surface area contributed by atoms with Crippen molar-refractivity contribution in [1.29, 1.82) is 0 Å². The number of rotatable bonds is 67. The molecule has 516 valence electrons. The van der Waals surface area contributed by atoms with Crippen molar-refractivity contribution in [2.75, 3.05) is 39.6 Å². The number of carbonyl (C=O) groups is 4. The molecule has 87 heavy (non-hydrogen) atoms. The third kappa shape index (κ3) is 62.6. The van der Waals surface area contributed by atoms with Crippen LogP contribution < -0.4 is 0 Å². The second-order valence-electron chi connectivity index (χ2n) is 25.5. The highest BCUT2D eigenvalue weighted by atomic mass is 31.2. The minimum atomic E-state index is -4.95.